The van der Waals surface area contributed by atoms with Crippen LogP contribution in [0.1, 0.15) is 5.56 Å². The molecule has 2 nitrogen and oxygen atoms in total. The third-order valence-corrected chi connectivity index (χ3v) is 2.28. The van der Waals surface area contributed by atoms with Crippen LogP contribution in [0.3, 0.4) is 0 Å². The zero-order chi connectivity index (χ0) is 11.1. The van der Waals surface area contributed by atoms with Gasteiger partial charge in [-0.25, -0.2) is 0 Å². The van der Waals surface area contributed by atoms with Crippen LogP contribution >= 0.6 is 0 Å². The van der Waals surface area contributed by atoms with Crippen molar-refractivity contribution in [1.29, 1.82) is 0 Å². The number of nitrogens with zero attached hydrogens (tertiary/aromatic N) is 2. The van der Waals surface area contributed by atoms with Crippen molar-refractivity contribution in [1.82, 2.24) is 9.78 Å². The molecule has 0 unspecified atom stereocenters. The van der Waals surface area contributed by atoms with Crippen LogP contribution in [0.5, 0.6) is 0 Å². The molecule has 0 radical (unpaired) electrons. The lowest BCUT2D eigenvalue weighted by Gasteiger charge is -2.13. The van der Waals surface area contributed by atoms with Gasteiger partial charge in [-0.15, -0.1) is 0 Å². The van der Waals surface area contributed by atoms with E-state index in [1.807, 2.05) is 0 Å². The zero-order valence-corrected chi connectivity index (χ0v) is 8.12. The third-order valence-electron chi connectivity index (χ3n) is 2.28. The molecule has 2 rings (SSSR count). The van der Waals surface area contributed by atoms with E-state index in [1.165, 1.54) is 12.1 Å². The van der Waals surface area contributed by atoms with Crippen LogP contribution in [0.4, 0.5) is 12.9 Å². The van der Waals surface area contributed by atoms with Crippen LogP contribution < -0.4 is 0 Å². The van der Waals surface area contributed by atoms with Crippen molar-refractivity contribution in [2.24, 2.45) is 7.05 Å². The van der Waals surface area contributed by atoms with Crippen LogP contribution in [-0.2, 0) is 13.4 Å². The average Bonchev–Trinajstić information content (AvgIpc) is 2.45. The Bertz CT molecular complexity index is 490. The molecule has 0 spiro atoms. The second-order valence-corrected chi connectivity index (χ2v) is 3.58. The number of rotatable bonds is 2. The van der Waals surface area contributed by atoms with Crippen molar-refractivity contribution >= 4 is 17.9 Å². The topological polar surface area (TPSA) is 17.8 Å². The number of fused-ring (bicyclic) bond motifs is 1. The van der Waals surface area contributed by atoms with E-state index in [4.69, 9.17) is 0 Å². The van der Waals surface area contributed by atoms with E-state index in [1.54, 1.807) is 24.0 Å². The van der Waals surface area contributed by atoms with Gasteiger partial charge in [0.05, 0.1) is 11.7 Å². The van der Waals surface area contributed by atoms with Gasteiger partial charge in [0, 0.05) is 12.4 Å². The lowest BCUT2D eigenvalue weighted by molar-refractivity contribution is 0.468. The van der Waals surface area contributed by atoms with E-state index < -0.39 is 13.3 Å². The van der Waals surface area contributed by atoms with E-state index in [0.29, 0.717) is 5.56 Å². The number of benzene rings is 1. The molecule has 1 aromatic carbocycles. The highest BCUT2D eigenvalue weighted by atomic mass is 19.4. The Balaban J connectivity index is 2.42. The summed E-state index contributed by atoms with van der Waals surface area (Å²) in [5.41, 5.74) is 1.02. The summed E-state index contributed by atoms with van der Waals surface area (Å²) < 4.78 is 38.2. The fourth-order valence-corrected chi connectivity index (χ4v) is 1.58. The Labute approximate surface area is 84.8 Å². The van der Waals surface area contributed by atoms with E-state index in [0.717, 1.165) is 10.9 Å². The fraction of sp³-hybridized carbons (Fsp3) is 0.222. The van der Waals surface area contributed by atoms with Crippen molar-refractivity contribution in [3.05, 3.63) is 30.0 Å². The normalized spacial score (nSPS) is 12.3. The lowest BCUT2D eigenvalue weighted by atomic mass is 9.82. The highest BCUT2D eigenvalue weighted by Crippen LogP contribution is 2.20. The minimum atomic E-state index is -4.77. The first-order chi connectivity index (χ1) is 6.96. The molecule has 6 heteroatoms. The van der Waals surface area contributed by atoms with Crippen molar-refractivity contribution in [2.45, 2.75) is 6.32 Å². The molecule has 0 saturated carbocycles. The summed E-state index contributed by atoms with van der Waals surface area (Å²) in [6, 6.07) is 4.70. The summed E-state index contributed by atoms with van der Waals surface area (Å²) in [5, 5.41) is 4.83. The van der Waals surface area contributed by atoms with Crippen molar-refractivity contribution in [2.75, 3.05) is 0 Å². The van der Waals surface area contributed by atoms with Gasteiger partial charge >= 0.3 is 6.98 Å². The van der Waals surface area contributed by atoms with Gasteiger partial charge in [0.15, 0.2) is 0 Å². The van der Waals surface area contributed by atoms with Gasteiger partial charge in [-0.05, 0) is 6.07 Å². The van der Waals surface area contributed by atoms with Crippen LogP contribution in [0, 0.1) is 0 Å². The second kappa shape index (κ2) is 3.29. The first kappa shape index (κ1) is 10.1. The van der Waals surface area contributed by atoms with Crippen molar-refractivity contribution in [3.8, 4) is 0 Å². The Kier molecular flexibility index (Phi) is 2.21. The van der Waals surface area contributed by atoms with Gasteiger partial charge in [0.2, 0.25) is 0 Å². The molecule has 0 fully saturated rings. The van der Waals surface area contributed by atoms with Crippen LogP contribution in [0.15, 0.2) is 24.4 Å². The van der Waals surface area contributed by atoms with Gasteiger partial charge in [0.1, 0.15) is 0 Å². The van der Waals surface area contributed by atoms with Gasteiger partial charge in [-0.1, -0.05) is 24.0 Å². The molecule has 0 bridgehead atoms. The zero-order valence-electron chi connectivity index (χ0n) is 8.12. The predicted molar refractivity (Wildman–Crippen MR) is 53.5 cm³/mol. The smallest absolute Gasteiger partial charge is 0.449 e. The van der Waals surface area contributed by atoms with Crippen molar-refractivity contribution in [3.63, 3.8) is 0 Å². The highest BCUT2D eigenvalue weighted by molar-refractivity contribution is 6.57. The van der Waals surface area contributed by atoms with Gasteiger partial charge in [0.25, 0.3) is 0 Å². The van der Waals surface area contributed by atoms with Crippen LogP contribution in [0.25, 0.3) is 10.9 Å². The molecule has 0 aliphatic carbocycles. The maximum Gasteiger partial charge on any atom is 0.482 e. The summed E-state index contributed by atoms with van der Waals surface area (Å²) in [6.07, 6.45) is 0.805. The quantitative estimate of drug-likeness (QED) is 0.700. The molecular weight excluding hydrogens is 204 g/mol. The molecule has 80 valence electrons. The van der Waals surface area contributed by atoms with Crippen LogP contribution in [-0.4, -0.2) is 16.8 Å². The number of aromatic nitrogens is 2. The van der Waals surface area contributed by atoms with Crippen molar-refractivity contribution < 1.29 is 12.9 Å². The van der Waals surface area contributed by atoms with Gasteiger partial charge < -0.3 is 12.9 Å². The maximum atomic E-state index is 12.2. The molecule has 1 aromatic heterocycles. The first-order valence-corrected chi connectivity index (χ1v) is 4.57. The summed E-state index contributed by atoms with van der Waals surface area (Å²) >= 11 is 0. The molecule has 0 aliphatic rings. The minimum Gasteiger partial charge on any atom is -0.449 e. The minimum absolute atomic E-state index is 0.290. The molecule has 0 atom stereocenters. The Morgan fingerprint density at radius 1 is 1.33 bits per heavy atom. The predicted octanol–water partition coefficient (Wildman–Crippen LogP) is 2.50. The summed E-state index contributed by atoms with van der Waals surface area (Å²) in [4.78, 5) is 0. The van der Waals surface area contributed by atoms with E-state index in [9.17, 15) is 12.9 Å². The first-order valence-electron chi connectivity index (χ1n) is 4.57. The summed E-state index contributed by atoms with van der Waals surface area (Å²) in [6.45, 7) is -4.77. The number of aryl methyl sites for hydroxylation is 1. The van der Waals surface area contributed by atoms with E-state index in [2.05, 4.69) is 5.10 Å². The third kappa shape index (κ3) is 2.14. The van der Waals surface area contributed by atoms with Gasteiger partial charge in [-0.3, -0.25) is 4.68 Å². The molecule has 1 heterocycles. The molecular formula is C9H9BF3N2-. The Morgan fingerprint density at radius 3 is 2.73 bits per heavy atom. The maximum absolute atomic E-state index is 12.2. The number of hydrogen-bond donors (Lipinski definition) is 0. The number of hydrogen-bond acceptors (Lipinski definition) is 1. The monoisotopic (exact) mass is 213 g/mol. The molecule has 0 saturated heterocycles. The molecule has 0 N–H and O–H groups in total. The second-order valence-electron chi connectivity index (χ2n) is 3.58. The molecule has 2 aromatic rings. The van der Waals surface area contributed by atoms with Crippen LogP contribution in [0.2, 0.25) is 0 Å². The summed E-state index contributed by atoms with van der Waals surface area (Å²) in [5.74, 6) is 0. The lowest BCUT2D eigenvalue weighted by Crippen LogP contribution is -2.19. The Hall–Kier alpha value is -1.46. The summed E-state index contributed by atoms with van der Waals surface area (Å²) in [7, 11) is 1.71. The molecule has 0 amide bonds. The Morgan fingerprint density at radius 2 is 2.07 bits per heavy atom. The standard InChI is InChI=1S/C9H9BF3N2/c1-15-9-4-7(5-10(11,12)13)2-3-8(9)6-14-15/h2-4,6H,5H2,1H3/q-1. The molecule has 0 aliphatic heterocycles. The van der Waals surface area contributed by atoms with E-state index >= 15 is 0 Å². The highest BCUT2D eigenvalue weighted by Gasteiger charge is 2.23. The largest absolute Gasteiger partial charge is 0.482 e. The average molecular weight is 213 g/mol. The van der Waals surface area contributed by atoms with E-state index in [-0.39, 0.29) is 0 Å². The van der Waals surface area contributed by atoms with Gasteiger partial charge in [-0.2, -0.15) is 5.10 Å². The molecule has 15 heavy (non-hydrogen) atoms. The SMILES string of the molecule is Cn1ncc2ccc(C[B-](F)(F)F)cc21. The number of halogens is 3. The fourth-order valence-electron chi connectivity index (χ4n) is 1.58.